The van der Waals surface area contributed by atoms with Crippen molar-refractivity contribution in [3.8, 4) is 11.4 Å². The molecule has 0 spiro atoms. The summed E-state index contributed by atoms with van der Waals surface area (Å²) in [6, 6.07) is 8.18. The molecule has 0 bridgehead atoms. The summed E-state index contributed by atoms with van der Waals surface area (Å²) in [5, 5.41) is 0. The number of hydrogen-bond donors (Lipinski definition) is 0. The Hall–Kier alpha value is -1.70. The molecule has 1 saturated heterocycles. The van der Waals surface area contributed by atoms with E-state index in [9.17, 15) is 8.42 Å². The van der Waals surface area contributed by atoms with E-state index < -0.39 is 10.0 Å². The van der Waals surface area contributed by atoms with Crippen LogP contribution in [0.3, 0.4) is 0 Å². The van der Waals surface area contributed by atoms with E-state index in [0.717, 1.165) is 17.8 Å². The van der Waals surface area contributed by atoms with E-state index in [2.05, 4.69) is 28.6 Å². The second-order valence-corrected chi connectivity index (χ2v) is 8.82. The molecule has 0 radical (unpaired) electrons. The standard InChI is InChI=1S/C18H25N3O3S/c1-4-14-7-5-6-8-16(14)18-19-9-10-21(18)17-12-24-11-15(17)13-25(22,23)20(2)3/h5-10,15,17H,4,11-13H2,1-3H3/t15-,17-/m1/s1. The van der Waals surface area contributed by atoms with Crippen LogP contribution in [0.15, 0.2) is 36.7 Å². The Bertz CT molecular complexity index is 830. The monoisotopic (exact) mass is 363 g/mol. The highest BCUT2D eigenvalue weighted by molar-refractivity contribution is 7.89. The Morgan fingerprint density at radius 2 is 2.04 bits per heavy atom. The molecule has 2 heterocycles. The summed E-state index contributed by atoms with van der Waals surface area (Å²) in [5.41, 5.74) is 2.32. The first-order chi connectivity index (χ1) is 11.9. The maximum absolute atomic E-state index is 12.3. The smallest absolute Gasteiger partial charge is 0.214 e. The van der Waals surface area contributed by atoms with Crippen LogP contribution in [0.1, 0.15) is 18.5 Å². The van der Waals surface area contributed by atoms with Crippen molar-refractivity contribution < 1.29 is 13.2 Å². The van der Waals surface area contributed by atoms with Gasteiger partial charge in [-0.15, -0.1) is 0 Å². The molecular weight excluding hydrogens is 338 g/mol. The number of rotatable bonds is 6. The van der Waals surface area contributed by atoms with Gasteiger partial charge in [0.15, 0.2) is 0 Å². The van der Waals surface area contributed by atoms with Crippen molar-refractivity contribution in [1.29, 1.82) is 0 Å². The van der Waals surface area contributed by atoms with Gasteiger partial charge in [0, 0.05) is 38.0 Å². The lowest BCUT2D eigenvalue weighted by Crippen LogP contribution is -2.32. The summed E-state index contributed by atoms with van der Waals surface area (Å²) in [7, 11) is -0.137. The molecule has 136 valence electrons. The summed E-state index contributed by atoms with van der Waals surface area (Å²) in [4.78, 5) is 4.55. The third kappa shape index (κ3) is 3.63. The summed E-state index contributed by atoms with van der Waals surface area (Å²) < 4.78 is 33.6. The molecule has 1 aromatic heterocycles. The molecule has 0 amide bonds. The van der Waals surface area contributed by atoms with Crippen molar-refractivity contribution in [3.63, 3.8) is 0 Å². The SMILES string of the molecule is CCc1ccccc1-c1nccn1[C@@H]1COC[C@@H]1CS(=O)(=O)N(C)C. The van der Waals surface area contributed by atoms with Gasteiger partial charge in [-0.3, -0.25) is 0 Å². The Kier molecular flexibility index (Phi) is 5.27. The molecule has 1 aromatic carbocycles. The van der Waals surface area contributed by atoms with Gasteiger partial charge in [-0.2, -0.15) is 0 Å². The Morgan fingerprint density at radius 1 is 1.28 bits per heavy atom. The lowest BCUT2D eigenvalue weighted by atomic mass is 10.0. The second kappa shape index (κ2) is 7.27. The van der Waals surface area contributed by atoms with Crippen LogP contribution in [0.2, 0.25) is 0 Å². The number of aromatic nitrogens is 2. The maximum atomic E-state index is 12.3. The molecule has 0 aliphatic carbocycles. The topological polar surface area (TPSA) is 64.4 Å². The van der Waals surface area contributed by atoms with Crippen molar-refractivity contribution in [3.05, 3.63) is 42.2 Å². The number of hydrogen-bond acceptors (Lipinski definition) is 4. The predicted octanol–water partition coefficient (Wildman–Crippen LogP) is 2.19. The van der Waals surface area contributed by atoms with Crippen molar-refractivity contribution in [1.82, 2.24) is 13.9 Å². The van der Waals surface area contributed by atoms with Gasteiger partial charge in [0.2, 0.25) is 10.0 Å². The van der Waals surface area contributed by atoms with Crippen LogP contribution in [0.25, 0.3) is 11.4 Å². The average Bonchev–Trinajstić information content (AvgIpc) is 3.22. The quantitative estimate of drug-likeness (QED) is 0.789. The van der Waals surface area contributed by atoms with Gasteiger partial charge in [0.25, 0.3) is 0 Å². The highest BCUT2D eigenvalue weighted by Crippen LogP contribution is 2.32. The second-order valence-electron chi connectivity index (χ2n) is 6.59. The Morgan fingerprint density at radius 3 is 2.76 bits per heavy atom. The zero-order valence-electron chi connectivity index (χ0n) is 14.9. The largest absolute Gasteiger partial charge is 0.379 e. The van der Waals surface area contributed by atoms with Crippen LogP contribution in [0.5, 0.6) is 0 Å². The van der Waals surface area contributed by atoms with Crippen molar-refractivity contribution >= 4 is 10.0 Å². The van der Waals surface area contributed by atoms with Crippen LogP contribution in [0, 0.1) is 5.92 Å². The fourth-order valence-electron chi connectivity index (χ4n) is 3.31. The zero-order valence-corrected chi connectivity index (χ0v) is 15.7. The van der Waals surface area contributed by atoms with Crippen LogP contribution < -0.4 is 0 Å². The molecule has 2 atom stereocenters. The molecule has 2 aromatic rings. The van der Waals surface area contributed by atoms with E-state index in [4.69, 9.17) is 4.74 Å². The summed E-state index contributed by atoms with van der Waals surface area (Å²) >= 11 is 0. The summed E-state index contributed by atoms with van der Waals surface area (Å²) in [6.45, 7) is 3.08. The third-order valence-electron chi connectivity index (χ3n) is 4.81. The maximum Gasteiger partial charge on any atom is 0.214 e. The molecule has 3 rings (SSSR count). The van der Waals surface area contributed by atoms with Gasteiger partial charge in [-0.05, 0) is 12.0 Å². The zero-order chi connectivity index (χ0) is 18.0. The fourth-order valence-corrected chi connectivity index (χ4v) is 4.47. The summed E-state index contributed by atoms with van der Waals surface area (Å²) in [5.74, 6) is 0.867. The van der Waals surface area contributed by atoms with E-state index >= 15 is 0 Å². The Labute approximate surface area is 149 Å². The minimum absolute atomic E-state index is 0.0304. The molecule has 0 N–H and O–H groups in total. The van der Waals surface area contributed by atoms with Crippen molar-refractivity contribution in [2.24, 2.45) is 5.92 Å². The normalized spacial score (nSPS) is 21.1. The molecule has 7 heteroatoms. The number of ether oxygens (including phenoxy) is 1. The molecule has 0 unspecified atom stereocenters. The molecule has 1 fully saturated rings. The molecule has 0 saturated carbocycles. The van der Waals surface area contributed by atoms with E-state index in [1.54, 1.807) is 20.3 Å². The lowest BCUT2D eigenvalue weighted by Gasteiger charge is -2.23. The van der Waals surface area contributed by atoms with Gasteiger partial charge in [-0.25, -0.2) is 17.7 Å². The number of nitrogens with zero attached hydrogens (tertiary/aromatic N) is 3. The highest BCUT2D eigenvalue weighted by Gasteiger charge is 2.35. The van der Waals surface area contributed by atoms with Crippen LogP contribution in [-0.4, -0.2) is 55.3 Å². The van der Waals surface area contributed by atoms with Crippen LogP contribution in [-0.2, 0) is 21.2 Å². The van der Waals surface area contributed by atoms with E-state index in [1.807, 2.05) is 18.3 Å². The minimum atomic E-state index is -3.28. The highest BCUT2D eigenvalue weighted by atomic mass is 32.2. The summed E-state index contributed by atoms with van der Waals surface area (Å²) in [6.07, 6.45) is 4.62. The van der Waals surface area contributed by atoms with Crippen LogP contribution in [0.4, 0.5) is 0 Å². The fraction of sp³-hybridized carbons (Fsp3) is 0.500. The van der Waals surface area contributed by atoms with Gasteiger partial charge < -0.3 is 9.30 Å². The lowest BCUT2D eigenvalue weighted by molar-refractivity contribution is 0.182. The first-order valence-corrected chi connectivity index (χ1v) is 10.1. The predicted molar refractivity (Wildman–Crippen MR) is 97.9 cm³/mol. The van der Waals surface area contributed by atoms with Gasteiger partial charge in [0.05, 0.1) is 25.0 Å². The molecule has 1 aliphatic heterocycles. The number of aryl methyl sites for hydroxylation is 1. The number of sulfonamides is 1. The molecule has 1 aliphatic rings. The molecule has 25 heavy (non-hydrogen) atoms. The first-order valence-electron chi connectivity index (χ1n) is 8.53. The number of imidazole rings is 1. The van der Waals surface area contributed by atoms with E-state index in [1.165, 1.54) is 9.87 Å². The van der Waals surface area contributed by atoms with Gasteiger partial charge in [-0.1, -0.05) is 31.2 Å². The molecule has 6 nitrogen and oxygen atoms in total. The van der Waals surface area contributed by atoms with Crippen molar-refractivity contribution in [2.75, 3.05) is 33.1 Å². The van der Waals surface area contributed by atoms with Gasteiger partial charge in [0.1, 0.15) is 5.82 Å². The van der Waals surface area contributed by atoms with Crippen molar-refractivity contribution in [2.45, 2.75) is 19.4 Å². The van der Waals surface area contributed by atoms with Gasteiger partial charge >= 0.3 is 0 Å². The van der Waals surface area contributed by atoms with E-state index in [-0.39, 0.29) is 17.7 Å². The first kappa shape index (κ1) is 18.1. The van der Waals surface area contributed by atoms with Crippen LogP contribution >= 0.6 is 0 Å². The third-order valence-corrected chi connectivity index (χ3v) is 6.77. The minimum Gasteiger partial charge on any atom is -0.379 e. The molecular formula is C18H25N3O3S. The number of benzene rings is 1. The van der Waals surface area contributed by atoms with E-state index in [0.29, 0.717) is 13.2 Å². The average molecular weight is 363 g/mol. The Balaban J connectivity index is 1.94.